The number of hydrogen-bond donors (Lipinski definition) is 1. The van der Waals surface area contributed by atoms with Crippen LogP contribution in [0.5, 0.6) is 0 Å². The first kappa shape index (κ1) is 14.7. The Kier molecular flexibility index (Phi) is 5.68. The molecule has 0 spiro atoms. The van der Waals surface area contributed by atoms with Crippen LogP contribution < -0.4 is 5.73 Å². The van der Waals surface area contributed by atoms with Crippen molar-refractivity contribution in [2.45, 2.75) is 46.0 Å². The zero-order valence-corrected chi connectivity index (χ0v) is 12.8. The van der Waals surface area contributed by atoms with E-state index in [-0.39, 0.29) is 0 Å². The Morgan fingerprint density at radius 2 is 1.76 bits per heavy atom. The summed E-state index contributed by atoms with van der Waals surface area (Å²) in [5.41, 5.74) is 7.68. The zero-order chi connectivity index (χ0) is 12.9. The van der Waals surface area contributed by atoms with Crippen molar-refractivity contribution >= 4 is 15.9 Å². The molecule has 1 atom stereocenters. The molecule has 0 saturated heterocycles. The standard InChI is InChI=1S/C15H24BrN/c1-15(2,3)10-4-5-13(11-17)12-6-8-14(16)9-7-12/h6-9,13H,4-5,10-11,17H2,1-3H3. The minimum absolute atomic E-state index is 0.429. The summed E-state index contributed by atoms with van der Waals surface area (Å²) in [7, 11) is 0. The third-order valence-electron chi connectivity index (χ3n) is 3.11. The summed E-state index contributed by atoms with van der Waals surface area (Å²) >= 11 is 3.46. The minimum atomic E-state index is 0.429. The fourth-order valence-electron chi connectivity index (χ4n) is 2.03. The average Bonchev–Trinajstić information content (AvgIpc) is 2.24. The predicted molar refractivity (Wildman–Crippen MR) is 79.2 cm³/mol. The summed E-state index contributed by atoms with van der Waals surface area (Å²) in [6.07, 6.45) is 3.71. The van der Waals surface area contributed by atoms with Gasteiger partial charge in [-0.3, -0.25) is 0 Å². The van der Waals surface area contributed by atoms with Crippen molar-refractivity contribution in [1.29, 1.82) is 0 Å². The van der Waals surface area contributed by atoms with Gasteiger partial charge in [-0.25, -0.2) is 0 Å². The Balaban J connectivity index is 2.51. The van der Waals surface area contributed by atoms with Crippen LogP contribution in [0.4, 0.5) is 0 Å². The van der Waals surface area contributed by atoms with Crippen molar-refractivity contribution in [1.82, 2.24) is 0 Å². The molecule has 0 saturated carbocycles. The third kappa shape index (κ3) is 5.69. The Morgan fingerprint density at radius 1 is 1.18 bits per heavy atom. The quantitative estimate of drug-likeness (QED) is 0.837. The molecule has 0 aliphatic carbocycles. The minimum Gasteiger partial charge on any atom is -0.330 e. The molecular weight excluding hydrogens is 274 g/mol. The molecule has 0 aliphatic heterocycles. The van der Waals surface area contributed by atoms with Crippen LogP contribution in [-0.2, 0) is 0 Å². The van der Waals surface area contributed by atoms with Gasteiger partial charge in [0.05, 0.1) is 0 Å². The highest BCUT2D eigenvalue weighted by Crippen LogP contribution is 2.27. The molecule has 2 heteroatoms. The Hall–Kier alpha value is -0.340. The molecule has 1 aromatic rings. The van der Waals surface area contributed by atoms with E-state index in [1.807, 2.05) is 0 Å². The van der Waals surface area contributed by atoms with Gasteiger partial charge in [-0.15, -0.1) is 0 Å². The highest BCUT2D eigenvalue weighted by molar-refractivity contribution is 9.10. The molecule has 0 aromatic heterocycles. The summed E-state index contributed by atoms with van der Waals surface area (Å²) in [6, 6.07) is 8.56. The largest absolute Gasteiger partial charge is 0.330 e. The normalized spacial score (nSPS) is 13.7. The SMILES string of the molecule is CC(C)(C)CCCC(CN)c1ccc(Br)cc1. The fraction of sp³-hybridized carbons (Fsp3) is 0.600. The first-order chi connectivity index (χ1) is 7.92. The molecule has 0 aliphatic rings. The van der Waals surface area contributed by atoms with E-state index in [1.54, 1.807) is 0 Å². The van der Waals surface area contributed by atoms with E-state index in [0.29, 0.717) is 11.3 Å². The van der Waals surface area contributed by atoms with Gasteiger partial charge in [0.2, 0.25) is 0 Å². The number of hydrogen-bond acceptors (Lipinski definition) is 1. The smallest absolute Gasteiger partial charge is 0.0175 e. The first-order valence-corrected chi connectivity index (χ1v) is 7.17. The highest BCUT2D eigenvalue weighted by Gasteiger charge is 2.13. The maximum absolute atomic E-state index is 5.88. The Morgan fingerprint density at radius 3 is 2.24 bits per heavy atom. The van der Waals surface area contributed by atoms with E-state index in [9.17, 15) is 0 Å². The second-order valence-corrected chi connectivity index (χ2v) is 6.85. The lowest BCUT2D eigenvalue weighted by atomic mass is 9.86. The summed E-state index contributed by atoms with van der Waals surface area (Å²) < 4.78 is 1.13. The van der Waals surface area contributed by atoms with E-state index in [1.165, 1.54) is 24.8 Å². The lowest BCUT2D eigenvalue weighted by Gasteiger charge is -2.20. The molecule has 2 N–H and O–H groups in total. The maximum Gasteiger partial charge on any atom is 0.0175 e. The molecule has 0 bridgehead atoms. The van der Waals surface area contributed by atoms with Crippen LogP contribution in [0.15, 0.2) is 28.7 Å². The van der Waals surface area contributed by atoms with E-state index in [2.05, 4.69) is 61.0 Å². The van der Waals surface area contributed by atoms with Crippen LogP contribution >= 0.6 is 15.9 Å². The molecule has 0 heterocycles. The lowest BCUT2D eigenvalue weighted by Crippen LogP contribution is -2.14. The van der Waals surface area contributed by atoms with Crippen molar-refractivity contribution < 1.29 is 0 Å². The molecule has 1 nitrogen and oxygen atoms in total. The predicted octanol–water partition coefficient (Wildman–Crippen LogP) is 4.71. The van der Waals surface area contributed by atoms with Gasteiger partial charge in [0.15, 0.2) is 0 Å². The lowest BCUT2D eigenvalue weighted by molar-refractivity contribution is 0.353. The van der Waals surface area contributed by atoms with Crippen molar-refractivity contribution in [3.05, 3.63) is 34.3 Å². The molecule has 1 rings (SSSR count). The van der Waals surface area contributed by atoms with Gasteiger partial charge in [-0.1, -0.05) is 55.3 Å². The summed E-state index contributed by atoms with van der Waals surface area (Å²) in [5, 5.41) is 0. The van der Waals surface area contributed by atoms with Gasteiger partial charge < -0.3 is 5.73 Å². The monoisotopic (exact) mass is 297 g/mol. The Bertz CT molecular complexity index is 324. The zero-order valence-electron chi connectivity index (χ0n) is 11.2. The molecule has 1 aromatic carbocycles. The van der Waals surface area contributed by atoms with E-state index >= 15 is 0 Å². The fourth-order valence-corrected chi connectivity index (χ4v) is 2.30. The maximum atomic E-state index is 5.88. The van der Waals surface area contributed by atoms with Gasteiger partial charge in [-0.05, 0) is 48.4 Å². The molecule has 0 amide bonds. The molecule has 0 radical (unpaired) electrons. The second kappa shape index (κ2) is 6.55. The molecule has 0 fully saturated rings. The summed E-state index contributed by atoms with van der Waals surface area (Å²) in [6.45, 7) is 7.63. The summed E-state index contributed by atoms with van der Waals surface area (Å²) in [4.78, 5) is 0. The van der Waals surface area contributed by atoms with Gasteiger partial charge in [0.25, 0.3) is 0 Å². The van der Waals surface area contributed by atoms with E-state index in [0.717, 1.165) is 11.0 Å². The molecular formula is C15H24BrN. The first-order valence-electron chi connectivity index (χ1n) is 6.38. The molecule has 1 unspecified atom stereocenters. The number of nitrogens with two attached hydrogens (primary N) is 1. The van der Waals surface area contributed by atoms with Crippen LogP contribution in [0.3, 0.4) is 0 Å². The van der Waals surface area contributed by atoms with E-state index < -0.39 is 0 Å². The number of halogens is 1. The van der Waals surface area contributed by atoms with Crippen LogP contribution in [0.2, 0.25) is 0 Å². The highest BCUT2D eigenvalue weighted by atomic mass is 79.9. The van der Waals surface area contributed by atoms with Crippen molar-refractivity contribution in [3.8, 4) is 0 Å². The third-order valence-corrected chi connectivity index (χ3v) is 3.63. The number of rotatable bonds is 5. The van der Waals surface area contributed by atoms with Gasteiger partial charge >= 0.3 is 0 Å². The average molecular weight is 298 g/mol. The van der Waals surface area contributed by atoms with Crippen molar-refractivity contribution in [2.24, 2.45) is 11.1 Å². The van der Waals surface area contributed by atoms with Crippen LogP contribution in [0.1, 0.15) is 51.5 Å². The van der Waals surface area contributed by atoms with Crippen LogP contribution in [-0.4, -0.2) is 6.54 Å². The van der Waals surface area contributed by atoms with Crippen molar-refractivity contribution in [3.63, 3.8) is 0 Å². The van der Waals surface area contributed by atoms with E-state index in [4.69, 9.17) is 5.73 Å². The molecule has 96 valence electrons. The van der Waals surface area contributed by atoms with Crippen LogP contribution in [0.25, 0.3) is 0 Å². The van der Waals surface area contributed by atoms with Gasteiger partial charge in [0.1, 0.15) is 0 Å². The molecule has 17 heavy (non-hydrogen) atoms. The Labute approximate surface area is 114 Å². The van der Waals surface area contributed by atoms with Gasteiger partial charge in [0, 0.05) is 4.47 Å². The second-order valence-electron chi connectivity index (χ2n) is 5.94. The van der Waals surface area contributed by atoms with Gasteiger partial charge in [-0.2, -0.15) is 0 Å². The number of benzene rings is 1. The van der Waals surface area contributed by atoms with Crippen LogP contribution in [0, 0.1) is 5.41 Å². The topological polar surface area (TPSA) is 26.0 Å². The van der Waals surface area contributed by atoms with Crippen molar-refractivity contribution in [2.75, 3.05) is 6.54 Å². The summed E-state index contributed by atoms with van der Waals surface area (Å²) in [5.74, 6) is 0.505.